The van der Waals surface area contributed by atoms with Crippen LogP contribution in [0.2, 0.25) is 0 Å². The van der Waals surface area contributed by atoms with E-state index in [2.05, 4.69) is 5.32 Å². The van der Waals surface area contributed by atoms with E-state index in [1.54, 1.807) is 0 Å². The van der Waals surface area contributed by atoms with Crippen LogP contribution in [0.5, 0.6) is 0 Å². The van der Waals surface area contributed by atoms with E-state index in [1.807, 2.05) is 20.8 Å². The highest BCUT2D eigenvalue weighted by atomic mass is 16.4. The lowest BCUT2D eigenvalue weighted by molar-refractivity contribution is -0.137. The van der Waals surface area contributed by atoms with Gasteiger partial charge in [0.05, 0.1) is 0 Å². The Bertz CT molecular complexity index is 146. The van der Waals surface area contributed by atoms with Crippen LogP contribution in [0.15, 0.2) is 0 Å². The van der Waals surface area contributed by atoms with Crippen LogP contribution in [-0.4, -0.2) is 23.5 Å². The summed E-state index contributed by atoms with van der Waals surface area (Å²) in [6.07, 6.45) is 0.790. The van der Waals surface area contributed by atoms with Crippen LogP contribution in [0.1, 0.15) is 40.0 Å². The van der Waals surface area contributed by atoms with Crippen LogP contribution in [0, 0.1) is 0 Å². The lowest BCUT2D eigenvalue weighted by Crippen LogP contribution is -2.22. The smallest absolute Gasteiger partial charge is 0.303 e. The van der Waals surface area contributed by atoms with Gasteiger partial charge in [0.25, 0.3) is 0 Å². The summed E-state index contributed by atoms with van der Waals surface area (Å²) in [5.74, 6) is -0.928. The summed E-state index contributed by atoms with van der Waals surface area (Å²) in [4.78, 5) is 20.7. The monoisotopic (exact) mass is 189 g/mol. The standard InChI is InChI=1S/C7H13NO3.C2H6/c1-2-8-6(9)4-3-5-7(10)11;1-2/h2-5H2,1H3,(H,8,9)(H,10,11);1-2H3. The fourth-order valence-corrected chi connectivity index (χ4v) is 0.686. The second-order valence-corrected chi connectivity index (χ2v) is 2.20. The maximum atomic E-state index is 10.7. The lowest BCUT2D eigenvalue weighted by atomic mass is 10.2. The van der Waals surface area contributed by atoms with Gasteiger partial charge in [-0.25, -0.2) is 0 Å². The summed E-state index contributed by atoms with van der Waals surface area (Å²) in [6.45, 7) is 6.43. The fraction of sp³-hybridized carbons (Fsp3) is 0.778. The molecule has 0 aromatic carbocycles. The van der Waals surface area contributed by atoms with Crippen LogP contribution < -0.4 is 5.32 Å². The van der Waals surface area contributed by atoms with Gasteiger partial charge in [-0.1, -0.05) is 13.8 Å². The molecule has 0 rings (SSSR count). The predicted octanol–water partition coefficient (Wildman–Crippen LogP) is 1.40. The van der Waals surface area contributed by atoms with Crippen LogP contribution in [0.4, 0.5) is 0 Å². The van der Waals surface area contributed by atoms with Crippen molar-refractivity contribution in [1.29, 1.82) is 0 Å². The third-order valence-corrected chi connectivity index (χ3v) is 1.17. The number of carbonyl (C=O) groups excluding carboxylic acids is 1. The Morgan fingerprint density at radius 3 is 2.15 bits per heavy atom. The Morgan fingerprint density at radius 2 is 1.77 bits per heavy atom. The van der Waals surface area contributed by atoms with Gasteiger partial charge in [-0.2, -0.15) is 0 Å². The van der Waals surface area contributed by atoms with E-state index in [0.717, 1.165) is 0 Å². The number of rotatable bonds is 5. The zero-order valence-corrected chi connectivity index (χ0v) is 8.59. The van der Waals surface area contributed by atoms with Gasteiger partial charge < -0.3 is 10.4 Å². The van der Waals surface area contributed by atoms with E-state index in [0.29, 0.717) is 19.4 Å². The first kappa shape index (κ1) is 14.5. The van der Waals surface area contributed by atoms with Crippen molar-refractivity contribution < 1.29 is 14.7 Å². The maximum absolute atomic E-state index is 10.7. The summed E-state index contributed by atoms with van der Waals surface area (Å²) >= 11 is 0. The van der Waals surface area contributed by atoms with Crippen molar-refractivity contribution in [2.24, 2.45) is 0 Å². The number of hydrogen-bond acceptors (Lipinski definition) is 2. The second kappa shape index (κ2) is 10.9. The van der Waals surface area contributed by atoms with Crippen molar-refractivity contribution in [3.63, 3.8) is 0 Å². The van der Waals surface area contributed by atoms with E-state index < -0.39 is 5.97 Å². The first-order chi connectivity index (χ1) is 6.16. The first-order valence-electron chi connectivity index (χ1n) is 4.65. The molecule has 4 heteroatoms. The van der Waals surface area contributed by atoms with Gasteiger partial charge in [-0.3, -0.25) is 9.59 Å². The average molecular weight is 189 g/mol. The number of hydrogen-bond donors (Lipinski definition) is 2. The molecule has 0 saturated heterocycles. The van der Waals surface area contributed by atoms with Gasteiger partial charge in [-0.15, -0.1) is 0 Å². The molecule has 0 unspecified atom stereocenters. The molecule has 0 saturated carbocycles. The van der Waals surface area contributed by atoms with E-state index in [-0.39, 0.29) is 12.3 Å². The third kappa shape index (κ3) is 13.9. The first-order valence-corrected chi connectivity index (χ1v) is 4.65. The molecule has 0 aliphatic carbocycles. The van der Waals surface area contributed by atoms with E-state index in [4.69, 9.17) is 5.11 Å². The molecule has 4 nitrogen and oxygen atoms in total. The van der Waals surface area contributed by atoms with Crippen LogP contribution in [0.25, 0.3) is 0 Å². The fourth-order valence-electron chi connectivity index (χ4n) is 0.686. The van der Waals surface area contributed by atoms with Crippen molar-refractivity contribution in [3.05, 3.63) is 0 Å². The van der Waals surface area contributed by atoms with Gasteiger partial charge in [0.1, 0.15) is 0 Å². The molecule has 0 heterocycles. The quantitative estimate of drug-likeness (QED) is 0.687. The number of aliphatic carboxylic acids is 1. The van der Waals surface area contributed by atoms with E-state index in [9.17, 15) is 9.59 Å². The normalized spacial score (nSPS) is 8.23. The van der Waals surface area contributed by atoms with Crippen LogP contribution in [-0.2, 0) is 9.59 Å². The molecule has 0 atom stereocenters. The number of nitrogens with one attached hydrogen (secondary N) is 1. The van der Waals surface area contributed by atoms with E-state index >= 15 is 0 Å². The van der Waals surface area contributed by atoms with E-state index in [1.165, 1.54) is 0 Å². The SMILES string of the molecule is CC.CCNC(=O)CCCC(=O)O. The number of carbonyl (C=O) groups is 2. The number of carboxylic acid groups (broad SMARTS) is 1. The highest BCUT2D eigenvalue weighted by Gasteiger charge is 2.01. The summed E-state index contributed by atoms with van der Waals surface area (Å²) in [7, 11) is 0. The Morgan fingerprint density at radius 1 is 1.23 bits per heavy atom. The molecule has 13 heavy (non-hydrogen) atoms. The molecular weight excluding hydrogens is 170 g/mol. The Labute approximate surface area is 79.3 Å². The molecule has 0 radical (unpaired) electrons. The number of carboxylic acids is 1. The summed E-state index contributed by atoms with van der Waals surface area (Å²) in [5.41, 5.74) is 0. The maximum Gasteiger partial charge on any atom is 0.303 e. The molecular formula is C9H19NO3. The Balaban J connectivity index is 0. The minimum absolute atomic E-state index is 0.0666. The largest absolute Gasteiger partial charge is 0.481 e. The summed E-state index contributed by atoms with van der Waals surface area (Å²) in [5, 5.41) is 10.8. The Kier molecular flexibility index (Phi) is 12.2. The van der Waals surface area contributed by atoms with Gasteiger partial charge >= 0.3 is 5.97 Å². The number of amides is 1. The van der Waals surface area contributed by atoms with Gasteiger partial charge in [0.15, 0.2) is 0 Å². The lowest BCUT2D eigenvalue weighted by Gasteiger charge is -1.98. The van der Waals surface area contributed by atoms with Crippen LogP contribution in [0.3, 0.4) is 0 Å². The zero-order chi connectivity index (χ0) is 10.7. The third-order valence-electron chi connectivity index (χ3n) is 1.17. The molecule has 0 bridgehead atoms. The molecule has 0 aromatic heterocycles. The molecule has 0 aliphatic heterocycles. The van der Waals surface area contributed by atoms with Crippen molar-refractivity contribution in [2.75, 3.05) is 6.54 Å². The van der Waals surface area contributed by atoms with Crippen molar-refractivity contribution in [1.82, 2.24) is 5.32 Å². The van der Waals surface area contributed by atoms with Gasteiger partial charge in [0, 0.05) is 19.4 Å². The topological polar surface area (TPSA) is 66.4 Å². The minimum Gasteiger partial charge on any atom is -0.481 e. The van der Waals surface area contributed by atoms with Crippen molar-refractivity contribution in [2.45, 2.75) is 40.0 Å². The van der Waals surface area contributed by atoms with Crippen LogP contribution >= 0.6 is 0 Å². The molecule has 1 amide bonds. The average Bonchev–Trinajstić information content (AvgIpc) is 2.08. The summed E-state index contributed by atoms with van der Waals surface area (Å²) < 4.78 is 0. The highest BCUT2D eigenvalue weighted by Crippen LogP contribution is 1.94. The highest BCUT2D eigenvalue weighted by molar-refractivity contribution is 5.76. The molecule has 0 aromatic rings. The van der Waals surface area contributed by atoms with Crippen molar-refractivity contribution in [3.8, 4) is 0 Å². The molecule has 2 N–H and O–H groups in total. The van der Waals surface area contributed by atoms with Gasteiger partial charge in [0.2, 0.25) is 5.91 Å². The summed E-state index contributed by atoms with van der Waals surface area (Å²) in [6, 6.07) is 0. The second-order valence-electron chi connectivity index (χ2n) is 2.20. The Hall–Kier alpha value is -1.06. The molecule has 0 fully saturated rings. The predicted molar refractivity (Wildman–Crippen MR) is 51.5 cm³/mol. The molecule has 0 aliphatic rings. The zero-order valence-electron chi connectivity index (χ0n) is 8.59. The van der Waals surface area contributed by atoms with Crippen molar-refractivity contribution >= 4 is 11.9 Å². The van der Waals surface area contributed by atoms with Gasteiger partial charge in [-0.05, 0) is 13.3 Å². The minimum atomic E-state index is -0.853. The molecule has 0 spiro atoms. The molecule has 78 valence electrons.